The number of aryl methyl sites for hydroxylation is 1. The van der Waals surface area contributed by atoms with Crippen molar-refractivity contribution < 1.29 is 4.74 Å². The van der Waals surface area contributed by atoms with Gasteiger partial charge in [-0.2, -0.15) is 4.98 Å². The topological polar surface area (TPSA) is 52.3 Å². The van der Waals surface area contributed by atoms with Crippen molar-refractivity contribution in [2.45, 2.75) is 6.92 Å². The summed E-state index contributed by atoms with van der Waals surface area (Å²) >= 11 is 0. The van der Waals surface area contributed by atoms with Gasteiger partial charge < -0.3 is 9.58 Å². The van der Waals surface area contributed by atoms with E-state index >= 15 is 0 Å². The van der Waals surface area contributed by atoms with Crippen LogP contribution < -0.4 is 4.74 Å². The standard InChI is InChI=1S/C6H6N4O/c1-4-8-5(7-2)10-6(9-4)11-3/h1,3H3. The maximum absolute atomic E-state index is 6.63. The highest BCUT2D eigenvalue weighted by Gasteiger charge is 2.04. The lowest BCUT2D eigenvalue weighted by Gasteiger charge is -1.93. The van der Waals surface area contributed by atoms with Crippen molar-refractivity contribution in [1.29, 1.82) is 0 Å². The van der Waals surface area contributed by atoms with Crippen LogP contribution in [-0.2, 0) is 0 Å². The SMILES string of the molecule is [C-]#[N+]c1nc(C)nc(OC)n1. The lowest BCUT2D eigenvalue weighted by atomic mass is 10.7. The first-order chi connectivity index (χ1) is 5.26. The summed E-state index contributed by atoms with van der Waals surface area (Å²) in [6.45, 7) is 8.31. The Morgan fingerprint density at radius 3 is 2.64 bits per heavy atom. The lowest BCUT2D eigenvalue weighted by molar-refractivity contribution is 0.377. The summed E-state index contributed by atoms with van der Waals surface area (Å²) in [7, 11) is 1.45. The van der Waals surface area contributed by atoms with E-state index in [0.29, 0.717) is 5.82 Å². The predicted molar refractivity (Wildman–Crippen MR) is 37.4 cm³/mol. The average molecular weight is 150 g/mol. The zero-order valence-electron chi connectivity index (χ0n) is 6.20. The quantitative estimate of drug-likeness (QED) is 0.554. The molecule has 0 unspecified atom stereocenters. The number of hydrogen-bond acceptors (Lipinski definition) is 4. The van der Waals surface area contributed by atoms with E-state index in [0.717, 1.165) is 0 Å². The molecule has 0 radical (unpaired) electrons. The van der Waals surface area contributed by atoms with Crippen LogP contribution >= 0.6 is 0 Å². The van der Waals surface area contributed by atoms with Gasteiger partial charge in [-0.25, -0.2) is 0 Å². The zero-order valence-corrected chi connectivity index (χ0v) is 6.20. The molecule has 1 aromatic rings. The van der Waals surface area contributed by atoms with Crippen molar-refractivity contribution in [2.75, 3.05) is 7.11 Å². The molecular formula is C6H6N4O. The normalized spacial score (nSPS) is 8.82. The molecule has 0 amide bonds. The highest BCUT2D eigenvalue weighted by Crippen LogP contribution is 2.08. The smallest absolute Gasteiger partial charge is 0.382 e. The highest BCUT2D eigenvalue weighted by atomic mass is 16.5. The summed E-state index contributed by atoms with van der Waals surface area (Å²) < 4.78 is 4.73. The first-order valence-electron chi connectivity index (χ1n) is 2.90. The Labute approximate surface area is 63.9 Å². The van der Waals surface area contributed by atoms with E-state index in [1.165, 1.54) is 7.11 Å². The van der Waals surface area contributed by atoms with Crippen molar-refractivity contribution in [3.63, 3.8) is 0 Å². The van der Waals surface area contributed by atoms with E-state index in [1.54, 1.807) is 6.92 Å². The van der Waals surface area contributed by atoms with Crippen LogP contribution in [0.3, 0.4) is 0 Å². The molecule has 0 bridgehead atoms. The van der Waals surface area contributed by atoms with Crippen LogP contribution in [0.15, 0.2) is 0 Å². The molecule has 0 spiro atoms. The van der Waals surface area contributed by atoms with Crippen molar-refractivity contribution >= 4 is 5.95 Å². The van der Waals surface area contributed by atoms with Crippen molar-refractivity contribution in [3.8, 4) is 6.01 Å². The molecule has 0 fully saturated rings. The molecule has 0 N–H and O–H groups in total. The van der Waals surface area contributed by atoms with Crippen molar-refractivity contribution in [1.82, 2.24) is 15.0 Å². The van der Waals surface area contributed by atoms with Gasteiger partial charge in [-0.05, 0) is 0 Å². The molecule has 0 aliphatic rings. The third-order valence-corrected chi connectivity index (χ3v) is 0.997. The van der Waals surface area contributed by atoms with Crippen LogP contribution in [0.5, 0.6) is 6.01 Å². The Kier molecular flexibility index (Phi) is 1.97. The second-order valence-corrected chi connectivity index (χ2v) is 1.78. The number of aromatic nitrogens is 3. The van der Waals surface area contributed by atoms with Crippen molar-refractivity contribution in [2.24, 2.45) is 0 Å². The van der Waals surface area contributed by atoms with Gasteiger partial charge in [0.05, 0.1) is 7.11 Å². The molecular weight excluding hydrogens is 144 g/mol. The van der Waals surface area contributed by atoms with E-state index in [9.17, 15) is 0 Å². The second kappa shape index (κ2) is 2.92. The summed E-state index contributed by atoms with van der Waals surface area (Å²) in [6.07, 6.45) is 0. The minimum Gasteiger partial charge on any atom is -0.455 e. The third kappa shape index (κ3) is 1.61. The average Bonchev–Trinajstić information content (AvgIpc) is 2.03. The van der Waals surface area contributed by atoms with Crippen LogP contribution in [0.4, 0.5) is 5.95 Å². The van der Waals surface area contributed by atoms with Gasteiger partial charge in [0, 0.05) is 6.92 Å². The Morgan fingerprint density at radius 1 is 1.36 bits per heavy atom. The molecule has 5 heteroatoms. The Hall–Kier alpha value is -1.70. The van der Waals surface area contributed by atoms with Gasteiger partial charge >= 0.3 is 12.0 Å². The number of ether oxygens (including phenoxy) is 1. The molecule has 0 aliphatic carbocycles. The summed E-state index contributed by atoms with van der Waals surface area (Å²) in [5.41, 5.74) is 0. The summed E-state index contributed by atoms with van der Waals surface area (Å²) in [6, 6.07) is 0.184. The van der Waals surface area contributed by atoms with E-state index in [2.05, 4.69) is 19.8 Å². The number of hydrogen-bond donors (Lipinski definition) is 0. The maximum atomic E-state index is 6.63. The molecule has 11 heavy (non-hydrogen) atoms. The van der Waals surface area contributed by atoms with Crippen molar-refractivity contribution in [3.05, 3.63) is 17.2 Å². The number of nitrogens with zero attached hydrogens (tertiary/aromatic N) is 4. The van der Waals surface area contributed by atoms with Gasteiger partial charge in [0.1, 0.15) is 0 Å². The van der Waals surface area contributed by atoms with Gasteiger partial charge in [-0.3, -0.25) is 0 Å². The lowest BCUT2D eigenvalue weighted by Crippen LogP contribution is -1.95. The molecule has 0 aliphatic heterocycles. The molecule has 0 aromatic carbocycles. The molecule has 1 rings (SSSR count). The number of rotatable bonds is 1. The minimum absolute atomic E-state index is 0.0642. The Balaban J connectivity index is 3.15. The second-order valence-electron chi connectivity index (χ2n) is 1.78. The molecule has 1 heterocycles. The fraction of sp³-hybridized carbons (Fsp3) is 0.333. The van der Waals surface area contributed by atoms with Crippen LogP contribution in [0.25, 0.3) is 4.85 Å². The van der Waals surface area contributed by atoms with Gasteiger partial charge in [-0.15, -0.1) is 11.6 Å². The fourth-order valence-electron chi connectivity index (χ4n) is 0.585. The van der Waals surface area contributed by atoms with Gasteiger partial charge in [-0.1, -0.05) is 4.98 Å². The largest absolute Gasteiger partial charge is 0.455 e. The molecule has 0 atom stereocenters. The van der Waals surface area contributed by atoms with Crippen LogP contribution in [-0.4, -0.2) is 22.1 Å². The Morgan fingerprint density at radius 2 is 2.09 bits per heavy atom. The molecule has 5 nitrogen and oxygen atoms in total. The van der Waals surface area contributed by atoms with Gasteiger partial charge in [0.2, 0.25) is 0 Å². The van der Waals surface area contributed by atoms with E-state index in [4.69, 9.17) is 11.3 Å². The molecule has 1 aromatic heterocycles. The summed E-state index contributed by atoms with van der Waals surface area (Å²) in [5.74, 6) is 0.553. The fourth-order valence-corrected chi connectivity index (χ4v) is 0.585. The van der Waals surface area contributed by atoms with E-state index < -0.39 is 0 Å². The third-order valence-electron chi connectivity index (χ3n) is 0.997. The first kappa shape index (κ1) is 7.41. The van der Waals surface area contributed by atoms with Crippen LogP contribution in [0.1, 0.15) is 5.82 Å². The maximum Gasteiger partial charge on any atom is 0.382 e. The highest BCUT2D eigenvalue weighted by molar-refractivity contribution is 5.25. The van der Waals surface area contributed by atoms with Gasteiger partial charge in [0.25, 0.3) is 0 Å². The minimum atomic E-state index is 0.0642. The van der Waals surface area contributed by atoms with Crippen LogP contribution in [0, 0.1) is 13.5 Å². The predicted octanol–water partition coefficient (Wildman–Crippen LogP) is 0.739. The zero-order chi connectivity index (χ0) is 8.27. The molecule has 0 saturated carbocycles. The first-order valence-corrected chi connectivity index (χ1v) is 2.90. The van der Waals surface area contributed by atoms with Gasteiger partial charge in [0.15, 0.2) is 5.82 Å². The monoisotopic (exact) mass is 150 g/mol. The summed E-state index contributed by atoms with van der Waals surface area (Å²) in [4.78, 5) is 14.3. The summed E-state index contributed by atoms with van der Waals surface area (Å²) in [5, 5.41) is 0. The Bertz CT molecular complexity index is 304. The van der Waals surface area contributed by atoms with E-state index in [1.807, 2.05) is 0 Å². The van der Waals surface area contributed by atoms with Crippen LogP contribution in [0.2, 0.25) is 0 Å². The molecule has 0 saturated heterocycles. The van der Waals surface area contributed by atoms with E-state index in [-0.39, 0.29) is 12.0 Å². The number of methoxy groups -OCH3 is 1. The molecule has 56 valence electrons.